The van der Waals surface area contributed by atoms with Gasteiger partial charge >= 0.3 is 5.97 Å². The van der Waals surface area contributed by atoms with E-state index in [-0.39, 0.29) is 22.5 Å². The van der Waals surface area contributed by atoms with Crippen LogP contribution in [0.2, 0.25) is 0 Å². The lowest BCUT2D eigenvalue weighted by Crippen LogP contribution is -2.12. The molecule has 0 amide bonds. The fourth-order valence-corrected chi connectivity index (χ4v) is 2.07. The van der Waals surface area contributed by atoms with Gasteiger partial charge in [0, 0.05) is 6.04 Å². The van der Waals surface area contributed by atoms with E-state index in [2.05, 4.69) is 15.1 Å². The first-order chi connectivity index (χ1) is 8.49. The number of fused-ring (bicyclic) bond motifs is 1. The predicted octanol–water partition coefficient (Wildman–Crippen LogP) is 0.877. The van der Waals surface area contributed by atoms with Crippen molar-refractivity contribution in [3.63, 3.8) is 0 Å². The normalized spacial score (nSPS) is 11.3. The molecule has 0 aromatic carbocycles. The van der Waals surface area contributed by atoms with Gasteiger partial charge in [0.05, 0.1) is 11.9 Å². The molecule has 0 aliphatic carbocycles. The van der Waals surface area contributed by atoms with Crippen LogP contribution < -0.4 is 5.56 Å². The first-order valence-electron chi connectivity index (χ1n) is 5.31. The summed E-state index contributed by atoms with van der Waals surface area (Å²) in [6.45, 7) is 3.86. The van der Waals surface area contributed by atoms with Crippen LogP contribution in [0.15, 0.2) is 16.1 Å². The highest BCUT2D eigenvalue weighted by Gasteiger charge is 2.12. The second-order valence-corrected chi connectivity index (χ2v) is 4.94. The van der Waals surface area contributed by atoms with Crippen molar-refractivity contribution >= 4 is 28.8 Å². The Morgan fingerprint density at radius 1 is 1.61 bits per heavy atom. The molecule has 0 saturated carbocycles. The Bertz CT molecular complexity index is 646. The molecule has 2 heterocycles. The molecule has 0 saturated heterocycles. The maximum atomic E-state index is 11.8. The number of nitrogens with one attached hydrogen (secondary N) is 1. The van der Waals surface area contributed by atoms with E-state index in [0.717, 1.165) is 11.8 Å². The van der Waals surface area contributed by atoms with E-state index in [1.165, 1.54) is 6.20 Å². The largest absolute Gasteiger partial charge is 0.481 e. The molecule has 2 N–H and O–H groups in total. The quantitative estimate of drug-likeness (QED) is 0.630. The molecule has 0 unspecified atom stereocenters. The SMILES string of the molecule is CC(C)n1ncc2c(=O)[nH]c(SCC(=O)O)nc21. The summed E-state index contributed by atoms with van der Waals surface area (Å²) in [4.78, 5) is 29.0. The van der Waals surface area contributed by atoms with Gasteiger partial charge in [-0.05, 0) is 13.8 Å². The average molecular weight is 268 g/mol. The van der Waals surface area contributed by atoms with Gasteiger partial charge in [0.2, 0.25) is 0 Å². The summed E-state index contributed by atoms with van der Waals surface area (Å²) in [5.41, 5.74) is 0.168. The highest BCUT2D eigenvalue weighted by atomic mass is 32.2. The summed E-state index contributed by atoms with van der Waals surface area (Å²) in [6, 6.07) is 0.0779. The standard InChI is InChI=1S/C10H12N4O3S/c1-5(2)14-8-6(3-11-14)9(17)13-10(12-8)18-4-7(15)16/h3,5H,4H2,1-2H3,(H,15,16)(H,12,13,17). The number of nitrogens with zero attached hydrogens (tertiary/aromatic N) is 3. The lowest BCUT2D eigenvalue weighted by molar-refractivity contribution is -0.133. The average Bonchev–Trinajstić information content (AvgIpc) is 2.70. The van der Waals surface area contributed by atoms with Gasteiger partial charge in [-0.1, -0.05) is 11.8 Å². The summed E-state index contributed by atoms with van der Waals surface area (Å²) < 4.78 is 1.63. The third-order valence-corrected chi connectivity index (χ3v) is 3.12. The van der Waals surface area contributed by atoms with Crippen LogP contribution >= 0.6 is 11.8 Å². The third kappa shape index (κ3) is 2.37. The van der Waals surface area contributed by atoms with Gasteiger partial charge in [-0.15, -0.1) is 0 Å². The molecule has 7 nitrogen and oxygen atoms in total. The van der Waals surface area contributed by atoms with E-state index in [1.807, 2.05) is 13.8 Å². The van der Waals surface area contributed by atoms with Crippen molar-refractivity contribution in [1.82, 2.24) is 19.7 Å². The number of hydrogen-bond donors (Lipinski definition) is 2. The summed E-state index contributed by atoms with van der Waals surface area (Å²) >= 11 is 0.974. The number of thioether (sulfide) groups is 1. The van der Waals surface area contributed by atoms with Gasteiger partial charge in [0.25, 0.3) is 5.56 Å². The molecule has 0 spiro atoms. The van der Waals surface area contributed by atoms with Crippen LogP contribution in [0.25, 0.3) is 11.0 Å². The molecule has 8 heteroatoms. The van der Waals surface area contributed by atoms with Crippen molar-refractivity contribution in [2.24, 2.45) is 0 Å². The van der Waals surface area contributed by atoms with E-state index in [9.17, 15) is 9.59 Å². The minimum atomic E-state index is -0.958. The number of aromatic amines is 1. The monoisotopic (exact) mass is 268 g/mol. The van der Waals surface area contributed by atoms with Crippen molar-refractivity contribution in [3.05, 3.63) is 16.6 Å². The zero-order valence-electron chi connectivity index (χ0n) is 9.88. The van der Waals surface area contributed by atoms with Crippen LogP contribution in [0.1, 0.15) is 19.9 Å². The van der Waals surface area contributed by atoms with Crippen molar-refractivity contribution < 1.29 is 9.90 Å². The fourth-order valence-electron chi connectivity index (χ4n) is 1.49. The van der Waals surface area contributed by atoms with Crippen molar-refractivity contribution in [3.8, 4) is 0 Å². The van der Waals surface area contributed by atoms with Crippen LogP contribution in [0.5, 0.6) is 0 Å². The Kier molecular flexibility index (Phi) is 3.37. The number of carboxylic acid groups (broad SMARTS) is 1. The molecule has 96 valence electrons. The van der Waals surface area contributed by atoms with Crippen LogP contribution in [0.3, 0.4) is 0 Å². The summed E-state index contributed by atoms with van der Waals surface area (Å²) in [5, 5.41) is 13.4. The summed E-state index contributed by atoms with van der Waals surface area (Å²) in [5.74, 6) is -1.11. The Hall–Kier alpha value is -1.83. The Morgan fingerprint density at radius 3 is 2.94 bits per heavy atom. The number of carbonyl (C=O) groups is 1. The van der Waals surface area contributed by atoms with Crippen molar-refractivity contribution in [1.29, 1.82) is 0 Å². The zero-order valence-corrected chi connectivity index (χ0v) is 10.7. The van der Waals surface area contributed by atoms with Gasteiger partial charge in [0.1, 0.15) is 5.39 Å². The molecular weight excluding hydrogens is 256 g/mol. The second kappa shape index (κ2) is 4.81. The third-order valence-electron chi connectivity index (χ3n) is 2.26. The van der Waals surface area contributed by atoms with Crippen LogP contribution in [0.4, 0.5) is 0 Å². The van der Waals surface area contributed by atoms with E-state index in [4.69, 9.17) is 5.11 Å². The van der Waals surface area contributed by atoms with E-state index < -0.39 is 5.97 Å². The number of hydrogen-bond acceptors (Lipinski definition) is 5. The zero-order chi connectivity index (χ0) is 13.3. The molecule has 0 bridgehead atoms. The Morgan fingerprint density at radius 2 is 2.33 bits per heavy atom. The van der Waals surface area contributed by atoms with Crippen molar-refractivity contribution in [2.75, 3.05) is 5.75 Å². The molecule has 0 radical (unpaired) electrons. The number of rotatable bonds is 4. The molecule has 0 aliphatic rings. The van der Waals surface area contributed by atoms with Crippen LogP contribution in [-0.2, 0) is 4.79 Å². The highest BCUT2D eigenvalue weighted by molar-refractivity contribution is 7.99. The smallest absolute Gasteiger partial charge is 0.313 e. The van der Waals surface area contributed by atoms with Gasteiger partial charge in [-0.25, -0.2) is 9.67 Å². The van der Waals surface area contributed by atoms with Gasteiger partial charge in [-0.2, -0.15) is 5.10 Å². The molecule has 2 aromatic heterocycles. The molecule has 18 heavy (non-hydrogen) atoms. The molecule has 2 rings (SSSR count). The fraction of sp³-hybridized carbons (Fsp3) is 0.400. The molecular formula is C10H12N4O3S. The summed E-state index contributed by atoms with van der Waals surface area (Å²) in [6.07, 6.45) is 1.47. The molecule has 0 aliphatic heterocycles. The summed E-state index contributed by atoms with van der Waals surface area (Å²) in [7, 11) is 0. The highest BCUT2D eigenvalue weighted by Crippen LogP contribution is 2.16. The lowest BCUT2D eigenvalue weighted by atomic mass is 10.4. The van der Waals surface area contributed by atoms with Gasteiger partial charge < -0.3 is 10.1 Å². The van der Waals surface area contributed by atoms with Crippen LogP contribution in [0, 0.1) is 0 Å². The molecule has 2 aromatic rings. The van der Waals surface area contributed by atoms with Gasteiger partial charge in [0.15, 0.2) is 10.8 Å². The maximum absolute atomic E-state index is 11.8. The number of aliphatic carboxylic acids is 1. The Labute approximate surface area is 106 Å². The minimum Gasteiger partial charge on any atom is -0.481 e. The van der Waals surface area contributed by atoms with Gasteiger partial charge in [-0.3, -0.25) is 9.59 Å². The number of H-pyrrole nitrogens is 1. The van der Waals surface area contributed by atoms with E-state index in [0.29, 0.717) is 11.0 Å². The first kappa shape index (κ1) is 12.6. The number of carboxylic acids is 1. The van der Waals surface area contributed by atoms with E-state index in [1.54, 1.807) is 4.68 Å². The lowest BCUT2D eigenvalue weighted by Gasteiger charge is -2.06. The second-order valence-electron chi connectivity index (χ2n) is 3.97. The maximum Gasteiger partial charge on any atom is 0.313 e. The van der Waals surface area contributed by atoms with E-state index >= 15 is 0 Å². The Balaban J connectivity index is 2.48. The molecule has 0 atom stereocenters. The van der Waals surface area contributed by atoms with Crippen LogP contribution in [-0.4, -0.2) is 36.6 Å². The first-order valence-corrected chi connectivity index (χ1v) is 6.29. The number of aromatic nitrogens is 4. The minimum absolute atomic E-state index is 0.0779. The topological polar surface area (TPSA) is 101 Å². The predicted molar refractivity (Wildman–Crippen MR) is 66.9 cm³/mol. The molecule has 0 fully saturated rings. The van der Waals surface area contributed by atoms with Crippen molar-refractivity contribution in [2.45, 2.75) is 25.0 Å².